The molecule has 2 atom stereocenters. The number of carbonyl (C=O) groups excluding carboxylic acids is 1. The molecule has 0 aromatic heterocycles. The number of rotatable bonds is 3. The predicted octanol–water partition coefficient (Wildman–Crippen LogP) is 0.932. The minimum Gasteiger partial charge on any atom is -0.333 e. The predicted molar refractivity (Wildman–Crippen MR) is 59.8 cm³/mol. The average Bonchev–Trinajstić information content (AvgIpc) is 2.61. The van der Waals surface area contributed by atoms with Gasteiger partial charge < -0.3 is 15.5 Å². The fraction of sp³-hybridized carbons (Fsp3) is 0.909. The molecule has 2 heterocycles. The van der Waals surface area contributed by atoms with Crippen molar-refractivity contribution in [1.29, 1.82) is 0 Å². The number of nitrogens with zero attached hydrogens (tertiary/aromatic N) is 1. The van der Waals surface area contributed by atoms with Crippen LogP contribution in [0, 0.1) is 0 Å². The molecule has 0 radical (unpaired) electrons. The molecule has 86 valence electrons. The SMILES string of the molecule is CCC1CN(CC2CCCCN2)C(=O)N1. The Morgan fingerprint density at radius 3 is 2.87 bits per heavy atom. The minimum atomic E-state index is 0.120. The molecule has 2 saturated heterocycles. The van der Waals surface area contributed by atoms with Gasteiger partial charge in [-0.2, -0.15) is 0 Å². The zero-order valence-corrected chi connectivity index (χ0v) is 9.46. The van der Waals surface area contributed by atoms with Crippen LogP contribution in [0.3, 0.4) is 0 Å². The van der Waals surface area contributed by atoms with Gasteiger partial charge >= 0.3 is 6.03 Å². The van der Waals surface area contributed by atoms with Gasteiger partial charge in [-0.05, 0) is 25.8 Å². The van der Waals surface area contributed by atoms with E-state index in [0.717, 1.165) is 26.1 Å². The van der Waals surface area contributed by atoms with Gasteiger partial charge in [-0.15, -0.1) is 0 Å². The fourth-order valence-electron chi connectivity index (χ4n) is 2.39. The molecule has 4 heteroatoms. The van der Waals surface area contributed by atoms with Gasteiger partial charge in [0.1, 0.15) is 0 Å². The highest BCUT2D eigenvalue weighted by atomic mass is 16.2. The summed E-state index contributed by atoms with van der Waals surface area (Å²) in [7, 11) is 0. The summed E-state index contributed by atoms with van der Waals surface area (Å²) in [5.74, 6) is 0. The van der Waals surface area contributed by atoms with Crippen LogP contribution >= 0.6 is 0 Å². The first-order chi connectivity index (χ1) is 7.29. The summed E-state index contributed by atoms with van der Waals surface area (Å²) in [5.41, 5.74) is 0. The monoisotopic (exact) mass is 211 g/mol. The smallest absolute Gasteiger partial charge is 0.317 e. The molecule has 2 unspecified atom stereocenters. The minimum absolute atomic E-state index is 0.120. The number of urea groups is 1. The van der Waals surface area contributed by atoms with E-state index in [-0.39, 0.29) is 6.03 Å². The number of hydrogen-bond acceptors (Lipinski definition) is 2. The van der Waals surface area contributed by atoms with E-state index in [0.29, 0.717) is 12.1 Å². The van der Waals surface area contributed by atoms with E-state index in [1.54, 1.807) is 0 Å². The maximum Gasteiger partial charge on any atom is 0.317 e. The molecular formula is C11H21N3O. The summed E-state index contributed by atoms with van der Waals surface area (Å²) < 4.78 is 0. The van der Waals surface area contributed by atoms with Gasteiger partial charge in [0.05, 0.1) is 0 Å². The molecule has 0 aromatic carbocycles. The van der Waals surface area contributed by atoms with Gasteiger partial charge in [0.15, 0.2) is 0 Å². The maximum atomic E-state index is 11.6. The molecule has 0 aliphatic carbocycles. The second-order valence-corrected chi connectivity index (χ2v) is 4.61. The third-order valence-corrected chi connectivity index (χ3v) is 3.40. The van der Waals surface area contributed by atoms with E-state index in [1.165, 1.54) is 19.3 Å². The van der Waals surface area contributed by atoms with E-state index >= 15 is 0 Å². The molecule has 2 fully saturated rings. The van der Waals surface area contributed by atoms with Crippen molar-refractivity contribution in [2.24, 2.45) is 0 Å². The number of amides is 2. The fourth-order valence-corrected chi connectivity index (χ4v) is 2.39. The number of carbonyl (C=O) groups is 1. The van der Waals surface area contributed by atoms with Gasteiger partial charge in [0, 0.05) is 25.2 Å². The van der Waals surface area contributed by atoms with E-state index in [1.807, 2.05) is 4.90 Å². The highest BCUT2D eigenvalue weighted by Gasteiger charge is 2.29. The number of hydrogen-bond donors (Lipinski definition) is 2. The first-order valence-electron chi connectivity index (χ1n) is 6.08. The topological polar surface area (TPSA) is 44.4 Å². The summed E-state index contributed by atoms with van der Waals surface area (Å²) in [4.78, 5) is 13.6. The Labute approximate surface area is 91.4 Å². The Kier molecular flexibility index (Phi) is 3.46. The van der Waals surface area contributed by atoms with Crippen molar-refractivity contribution < 1.29 is 4.79 Å². The first kappa shape index (κ1) is 10.7. The van der Waals surface area contributed by atoms with Crippen molar-refractivity contribution in [2.45, 2.75) is 44.7 Å². The molecule has 0 saturated carbocycles. The quantitative estimate of drug-likeness (QED) is 0.729. The second-order valence-electron chi connectivity index (χ2n) is 4.61. The number of piperidine rings is 1. The standard InChI is InChI=1S/C11H21N3O/c1-2-9-7-14(11(15)13-9)8-10-5-3-4-6-12-10/h9-10,12H,2-8H2,1H3,(H,13,15). The normalized spacial score (nSPS) is 31.8. The largest absolute Gasteiger partial charge is 0.333 e. The van der Waals surface area contributed by atoms with E-state index in [2.05, 4.69) is 17.6 Å². The lowest BCUT2D eigenvalue weighted by molar-refractivity contribution is 0.207. The first-order valence-corrected chi connectivity index (χ1v) is 6.08. The van der Waals surface area contributed by atoms with Gasteiger partial charge in [0.25, 0.3) is 0 Å². The van der Waals surface area contributed by atoms with Crippen molar-refractivity contribution in [2.75, 3.05) is 19.6 Å². The molecule has 0 spiro atoms. The summed E-state index contributed by atoms with van der Waals surface area (Å²) in [6, 6.07) is 0.996. The summed E-state index contributed by atoms with van der Waals surface area (Å²) in [5, 5.41) is 6.48. The van der Waals surface area contributed by atoms with Gasteiger partial charge in [-0.1, -0.05) is 13.3 Å². The van der Waals surface area contributed by atoms with Crippen LogP contribution in [0.15, 0.2) is 0 Å². The molecule has 2 N–H and O–H groups in total. The molecular weight excluding hydrogens is 190 g/mol. The Morgan fingerprint density at radius 1 is 1.40 bits per heavy atom. The van der Waals surface area contributed by atoms with E-state index in [9.17, 15) is 4.79 Å². The van der Waals surface area contributed by atoms with Crippen molar-refractivity contribution >= 4 is 6.03 Å². The third-order valence-electron chi connectivity index (χ3n) is 3.40. The lowest BCUT2D eigenvalue weighted by Gasteiger charge is -2.27. The summed E-state index contributed by atoms with van der Waals surface area (Å²) in [6.07, 6.45) is 4.81. The third kappa shape index (κ3) is 2.62. The summed E-state index contributed by atoms with van der Waals surface area (Å²) >= 11 is 0. The van der Waals surface area contributed by atoms with Crippen LogP contribution in [0.5, 0.6) is 0 Å². The van der Waals surface area contributed by atoms with Crippen molar-refractivity contribution in [3.05, 3.63) is 0 Å². The zero-order chi connectivity index (χ0) is 10.7. The molecule has 0 aromatic rings. The van der Waals surface area contributed by atoms with Crippen LogP contribution in [0.25, 0.3) is 0 Å². The highest BCUT2D eigenvalue weighted by Crippen LogP contribution is 2.12. The Balaban J connectivity index is 1.81. The molecule has 2 amide bonds. The van der Waals surface area contributed by atoms with E-state index < -0.39 is 0 Å². The van der Waals surface area contributed by atoms with Gasteiger partial charge in [-0.3, -0.25) is 0 Å². The van der Waals surface area contributed by atoms with Crippen LogP contribution < -0.4 is 10.6 Å². The number of nitrogens with one attached hydrogen (secondary N) is 2. The average molecular weight is 211 g/mol. The highest BCUT2D eigenvalue weighted by molar-refractivity contribution is 5.76. The van der Waals surface area contributed by atoms with Crippen LogP contribution in [-0.2, 0) is 0 Å². The zero-order valence-electron chi connectivity index (χ0n) is 9.46. The Morgan fingerprint density at radius 2 is 2.27 bits per heavy atom. The Bertz CT molecular complexity index is 226. The maximum absolute atomic E-state index is 11.6. The van der Waals surface area contributed by atoms with E-state index in [4.69, 9.17) is 0 Å². The molecule has 2 rings (SSSR count). The van der Waals surface area contributed by atoms with Crippen LogP contribution in [-0.4, -0.2) is 42.6 Å². The Hall–Kier alpha value is -0.770. The lowest BCUT2D eigenvalue weighted by Crippen LogP contribution is -2.44. The van der Waals surface area contributed by atoms with Crippen molar-refractivity contribution in [1.82, 2.24) is 15.5 Å². The molecule has 0 bridgehead atoms. The lowest BCUT2D eigenvalue weighted by atomic mass is 10.0. The second kappa shape index (κ2) is 4.84. The molecule has 15 heavy (non-hydrogen) atoms. The van der Waals surface area contributed by atoms with Crippen LogP contribution in [0.1, 0.15) is 32.6 Å². The van der Waals surface area contributed by atoms with Gasteiger partial charge in [-0.25, -0.2) is 4.79 Å². The summed E-state index contributed by atoms with van der Waals surface area (Å²) in [6.45, 7) is 4.99. The van der Waals surface area contributed by atoms with Gasteiger partial charge in [0.2, 0.25) is 0 Å². The van der Waals surface area contributed by atoms with Crippen molar-refractivity contribution in [3.63, 3.8) is 0 Å². The molecule has 2 aliphatic heterocycles. The van der Waals surface area contributed by atoms with Crippen molar-refractivity contribution in [3.8, 4) is 0 Å². The molecule has 4 nitrogen and oxygen atoms in total. The molecule has 2 aliphatic rings. The van der Waals surface area contributed by atoms with Crippen LogP contribution in [0.4, 0.5) is 4.79 Å². The van der Waals surface area contributed by atoms with Crippen LogP contribution in [0.2, 0.25) is 0 Å².